The van der Waals surface area contributed by atoms with E-state index in [4.69, 9.17) is 0 Å². The van der Waals surface area contributed by atoms with Crippen molar-refractivity contribution in [2.24, 2.45) is 5.92 Å². The molecule has 0 saturated carbocycles. The van der Waals surface area contributed by atoms with Crippen LogP contribution in [0.4, 0.5) is 5.69 Å². The summed E-state index contributed by atoms with van der Waals surface area (Å²) in [5.41, 5.74) is 1.81. The number of nitrogens with zero attached hydrogens (tertiary/aromatic N) is 2. The maximum atomic E-state index is 13.7. The first-order valence-electron chi connectivity index (χ1n) is 12.7. The molecule has 0 aliphatic carbocycles. The molecule has 1 aromatic carbocycles. The number of amides is 3. The predicted molar refractivity (Wildman–Crippen MR) is 142 cm³/mol. The highest BCUT2D eigenvalue weighted by Gasteiger charge is 2.42. The van der Waals surface area contributed by atoms with Gasteiger partial charge in [0.15, 0.2) is 0 Å². The summed E-state index contributed by atoms with van der Waals surface area (Å²) in [6.45, 7) is 9.99. The molecule has 1 saturated heterocycles. The van der Waals surface area contributed by atoms with Crippen molar-refractivity contribution >= 4 is 23.9 Å². The maximum absolute atomic E-state index is 13.7. The number of benzene rings is 1. The van der Waals surface area contributed by atoms with Crippen molar-refractivity contribution in [3.05, 3.63) is 66.3 Å². The van der Waals surface area contributed by atoms with Crippen molar-refractivity contribution in [1.82, 2.24) is 15.1 Å². The van der Waals surface area contributed by atoms with Crippen LogP contribution in [0.1, 0.15) is 45.2 Å². The number of aliphatic hydroxyl groups is 2. The number of hydrogen-bond donors (Lipinski definition) is 4. The third-order valence-corrected chi connectivity index (χ3v) is 7.00. The molecule has 9 nitrogen and oxygen atoms in total. The van der Waals surface area contributed by atoms with Crippen LogP contribution in [0.25, 0.3) is 0 Å². The minimum Gasteiger partial charge on any atom is -0.391 e. The van der Waals surface area contributed by atoms with Gasteiger partial charge in [0.05, 0.1) is 18.2 Å². The minimum absolute atomic E-state index is 0.0293. The molecule has 2 unspecified atom stereocenters. The number of para-hydroxylation sites is 1. The van der Waals surface area contributed by atoms with Gasteiger partial charge in [-0.1, -0.05) is 62.9 Å². The summed E-state index contributed by atoms with van der Waals surface area (Å²) in [5.74, 6) is -0.661. The van der Waals surface area contributed by atoms with Gasteiger partial charge < -0.3 is 25.7 Å². The van der Waals surface area contributed by atoms with Crippen molar-refractivity contribution in [2.45, 2.75) is 64.1 Å². The van der Waals surface area contributed by atoms with Crippen LogP contribution < -0.4 is 10.6 Å². The molecule has 3 rings (SSSR count). The van der Waals surface area contributed by atoms with E-state index >= 15 is 0 Å². The van der Waals surface area contributed by atoms with E-state index < -0.39 is 30.5 Å². The number of nitrogens with one attached hydrogen (secondary N) is 2. The zero-order valence-corrected chi connectivity index (χ0v) is 21.7. The van der Waals surface area contributed by atoms with E-state index in [-0.39, 0.29) is 30.7 Å². The van der Waals surface area contributed by atoms with Crippen LogP contribution in [0.2, 0.25) is 0 Å². The molecule has 9 heteroatoms. The Morgan fingerprint density at radius 3 is 2.65 bits per heavy atom. The molecule has 6 atom stereocenters. The fourth-order valence-corrected chi connectivity index (χ4v) is 4.95. The van der Waals surface area contributed by atoms with Crippen LogP contribution in [0.3, 0.4) is 0 Å². The largest absolute Gasteiger partial charge is 0.391 e. The Labute approximate surface area is 218 Å². The Morgan fingerprint density at radius 1 is 1.22 bits per heavy atom. The van der Waals surface area contributed by atoms with E-state index in [2.05, 4.69) is 17.2 Å². The topological polar surface area (TPSA) is 122 Å². The van der Waals surface area contributed by atoms with Crippen LogP contribution in [0.5, 0.6) is 0 Å². The molecular weight excluding hydrogens is 472 g/mol. The zero-order chi connectivity index (χ0) is 27.1. The Hall–Kier alpha value is -3.27. The summed E-state index contributed by atoms with van der Waals surface area (Å²) in [6.07, 6.45) is 6.76. The average Bonchev–Trinajstić information content (AvgIpc) is 3.30. The molecule has 0 spiro atoms. The van der Waals surface area contributed by atoms with Gasteiger partial charge in [-0.3, -0.25) is 19.3 Å². The third kappa shape index (κ3) is 6.74. The predicted octanol–water partition coefficient (Wildman–Crippen LogP) is 2.11. The van der Waals surface area contributed by atoms with Gasteiger partial charge >= 0.3 is 0 Å². The average molecular weight is 511 g/mol. The number of anilines is 1. The zero-order valence-electron chi connectivity index (χ0n) is 21.7. The Kier molecular flexibility index (Phi) is 9.79. The van der Waals surface area contributed by atoms with E-state index in [1.807, 2.05) is 44.2 Å². The highest BCUT2D eigenvalue weighted by Crippen LogP contribution is 2.27. The first-order valence-corrected chi connectivity index (χ1v) is 12.7. The van der Waals surface area contributed by atoms with Crippen LogP contribution in [-0.4, -0.2) is 75.7 Å². The van der Waals surface area contributed by atoms with Crippen molar-refractivity contribution in [3.8, 4) is 0 Å². The summed E-state index contributed by atoms with van der Waals surface area (Å²) >= 11 is 0. The lowest BCUT2D eigenvalue weighted by molar-refractivity contribution is -0.145. The maximum Gasteiger partial charge on any atom is 0.243 e. The summed E-state index contributed by atoms with van der Waals surface area (Å²) in [4.78, 5) is 41.2. The second kappa shape index (κ2) is 12.8. The highest BCUT2D eigenvalue weighted by atomic mass is 16.3. The van der Waals surface area contributed by atoms with Gasteiger partial charge in [-0.2, -0.15) is 0 Å². The second-order valence-corrected chi connectivity index (χ2v) is 9.76. The van der Waals surface area contributed by atoms with Gasteiger partial charge in [0, 0.05) is 25.2 Å². The SMILES string of the molecule is C=C1/C=C\C=C/C(C)CN([C@@H](C)C(=O)N2C[C@H](O)C[C@H]2C(=O)N[C@@H](CC)c2ccccc2NC=O)C1O. The van der Waals surface area contributed by atoms with E-state index in [0.29, 0.717) is 30.6 Å². The Balaban J connectivity index is 1.80. The van der Waals surface area contributed by atoms with Crippen LogP contribution >= 0.6 is 0 Å². The second-order valence-electron chi connectivity index (χ2n) is 9.76. The van der Waals surface area contributed by atoms with E-state index in [1.54, 1.807) is 30.0 Å². The van der Waals surface area contributed by atoms with Gasteiger partial charge in [0.2, 0.25) is 18.2 Å². The molecule has 200 valence electrons. The normalized spacial score (nSPS) is 27.8. The molecule has 3 amide bonds. The Bertz CT molecular complexity index is 1050. The van der Waals surface area contributed by atoms with Gasteiger partial charge in [-0.25, -0.2) is 0 Å². The highest BCUT2D eigenvalue weighted by molar-refractivity contribution is 5.91. The number of carbonyl (C=O) groups excluding carboxylic acids is 3. The van der Waals surface area contributed by atoms with Gasteiger partial charge in [-0.05, 0) is 36.5 Å². The number of hydrogen-bond acceptors (Lipinski definition) is 6. The standard InChI is InChI=1S/C28H38N4O5/c1-5-23(22-12-8-9-13-24(22)29-17-33)30-26(35)25-14-21(34)16-32(25)28(37)20(4)31-15-18(2)10-6-7-11-19(3)27(31)36/h6-13,17-18,20-21,23,25,27,34,36H,3,5,14-16H2,1-2,4H3,(H,29,33)(H,30,35)/b10-6-,11-7-/t18?,20-,21+,23-,25-,27?/m0/s1. The van der Waals surface area contributed by atoms with E-state index in [1.165, 1.54) is 4.90 Å². The summed E-state index contributed by atoms with van der Waals surface area (Å²) in [5, 5.41) is 27.0. The fraction of sp³-hybridized carbons (Fsp3) is 0.464. The van der Waals surface area contributed by atoms with Gasteiger partial charge in [-0.15, -0.1) is 0 Å². The number of carbonyl (C=O) groups is 3. The molecule has 0 radical (unpaired) electrons. The summed E-state index contributed by atoms with van der Waals surface area (Å²) in [7, 11) is 0. The molecule has 2 heterocycles. The first-order chi connectivity index (χ1) is 17.7. The number of allylic oxidation sites excluding steroid dienone is 2. The number of likely N-dealkylation sites (tertiary alicyclic amines) is 1. The number of β-amino-alcohol motifs (C(OH)–C–C–N with tert-alkyl or cyclic N) is 1. The van der Waals surface area contributed by atoms with Crippen molar-refractivity contribution in [3.63, 3.8) is 0 Å². The molecular formula is C28H38N4O5. The minimum atomic E-state index is -1.07. The molecule has 0 bridgehead atoms. The number of rotatable bonds is 8. The lowest BCUT2D eigenvalue weighted by atomic mass is 10.0. The lowest BCUT2D eigenvalue weighted by Gasteiger charge is -2.37. The van der Waals surface area contributed by atoms with E-state index in [9.17, 15) is 24.6 Å². The molecule has 0 aromatic heterocycles. The molecule has 2 aliphatic rings. The van der Waals surface area contributed by atoms with Crippen LogP contribution in [0, 0.1) is 5.92 Å². The van der Waals surface area contributed by atoms with Crippen molar-refractivity contribution in [1.29, 1.82) is 0 Å². The third-order valence-electron chi connectivity index (χ3n) is 7.00. The number of aliphatic hydroxyl groups excluding tert-OH is 2. The van der Waals surface area contributed by atoms with Crippen LogP contribution in [-0.2, 0) is 14.4 Å². The Morgan fingerprint density at radius 2 is 1.95 bits per heavy atom. The van der Waals surface area contributed by atoms with Crippen LogP contribution in [0.15, 0.2) is 60.7 Å². The molecule has 37 heavy (non-hydrogen) atoms. The molecule has 2 aliphatic heterocycles. The molecule has 4 N–H and O–H groups in total. The first kappa shape index (κ1) is 28.3. The van der Waals surface area contributed by atoms with Crippen molar-refractivity contribution in [2.75, 3.05) is 18.4 Å². The van der Waals surface area contributed by atoms with E-state index in [0.717, 1.165) is 5.56 Å². The summed E-state index contributed by atoms with van der Waals surface area (Å²) < 4.78 is 0. The van der Waals surface area contributed by atoms with Gasteiger partial charge in [0.1, 0.15) is 12.3 Å². The molecule has 1 aromatic rings. The smallest absolute Gasteiger partial charge is 0.243 e. The molecule has 1 fully saturated rings. The summed E-state index contributed by atoms with van der Waals surface area (Å²) in [6, 6.07) is 5.19. The fourth-order valence-electron chi connectivity index (χ4n) is 4.95. The quantitative estimate of drug-likeness (QED) is 0.398. The van der Waals surface area contributed by atoms with Gasteiger partial charge in [0.25, 0.3) is 0 Å². The monoisotopic (exact) mass is 510 g/mol. The van der Waals surface area contributed by atoms with Crippen molar-refractivity contribution < 1.29 is 24.6 Å². The lowest BCUT2D eigenvalue weighted by Crippen LogP contribution is -2.55.